The first-order valence-corrected chi connectivity index (χ1v) is 29.4. The molecule has 4 N–H and O–H groups in total. The van der Waals surface area contributed by atoms with E-state index in [2.05, 4.69) is 20.0 Å². The van der Waals surface area contributed by atoms with E-state index < -0.39 is 56.4 Å². The summed E-state index contributed by atoms with van der Waals surface area (Å²) in [5.41, 5.74) is 10.0. The van der Waals surface area contributed by atoms with Crippen molar-refractivity contribution in [2.24, 2.45) is 16.6 Å². The van der Waals surface area contributed by atoms with Gasteiger partial charge >= 0.3 is 16.1 Å². The van der Waals surface area contributed by atoms with Crippen LogP contribution in [0.2, 0.25) is 0 Å². The Bertz CT molecular complexity index is 2780. The minimum absolute atomic E-state index is 0.0139. The number of nitrogens with two attached hydrogens (primary N) is 1. The fourth-order valence-electron chi connectivity index (χ4n) is 8.03. The van der Waals surface area contributed by atoms with E-state index in [0.717, 1.165) is 23.1 Å². The maximum atomic E-state index is 14.0. The lowest BCUT2D eigenvalue weighted by atomic mass is 9.97. The van der Waals surface area contributed by atoms with Gasteiger partial charge in [-0.3, -0.25) is 33.6 Å². The van der Waals surface area contributed by atoms with Crippen LogP contribution < -0.4 is 15.8 Å². The van der Waals surface area contributed by atoms with Gasteiger partial charge in [0, 0.05) is 74.0 Å². The summed E-state index contributed by atoms with van der Waals surface area (Å²) in [6, 6.07) is 7.42. The number of amides is 3. The van der Waals surface area contributed by atoms with Crippen LogP contribution in [0.5, 0.6) is 5.75 Å². The van der Waals surface area contributed by atoms with Crippen LogP contribution in [-0.2, 0) is 76.7 Å². The zero-order valence-corrected chi connectivity index (χ0v) is 49.0. The van der Waals surface area contributed by atoms with Crippen LogP contribution in [-0.4, -0.2) is 222 Å². The standard InChI is InChI=1S/C56H76F4N6O19S/c1-3-9-66(84-4-2)56(70)42-30-41-6-5-40(32-45(41)64-46(61)33-42)43-31-44(36-62-35-43)55(69)65-37-39(38-65)34-63-47(67)7-10-74-12-14-76-16-18-78-20-22-80-24-26-82-28-29-83-27-25-81-23-21-79-19-17-77-15-13-75-11-8-48(68)85-53-49(57)51(59)54(86(71,72)73)52(60)50(53)58/h5-6,30-32,35-36,39H,3-4,7-29,33-34,37-38H2,1-2H3,(H2,61,64)(H,63,67)(H,71,72,73). The smallest absolute Gasteiger partial charge is 0.313 e. The minimum atomic E-state index is -5.65. The number of nitrogens with zero attached hydrogens (tertiary/aromatic N) is 4. The van der Waals surface area contributed by atoms with Gasteiger partial charge in [-0.2, -0.15) is 17.2 Å². The van der Waals surface area contributed by atoms with E-state index in [1.54, 1.807) is 23.2 Å². The fourth-order valence-corrected chi connectivity index (χ4v) is 8.67. The molecule has 30 heteroatoms. The Kier molecular flexibility index (Phi) is 32.0. The van der Waals surface area contributed by atoms with Gasteiger partial charge < -0.3 is 68.1 Å². The number of nitrogens with one attached hydrogen (secondary N) is 1. The number of pyridine rings is 1. The largest absolute Gasteiger partial charge is 0.420 e. The highest BCUT2D eigenvalue weighted by atomic mass is 32.2. The summed E-state index contributed by atoms with van der Waals surface area (Å²) in [4.78, 5) is 64.9. The summed E-state index contributed by atoms with van der Waals surface area (Å²) < 4.78 is 145. The normalized spacial score (nSPS) is 13.4. The summed E-state index contributed by atoms with van der Waals surface area (Å²) in [5, 5.41) is 4.29. The Balaban J connectivity index is 0.743. The number of hydroxylamine groups is 2. The second kappa shape index (κ2) is 38.9. The molecule has 0 spiro atoms. The van der Waals surface area contributed by atoms with Crippen molar-refractivity contribution in [3.63, 3.8) is 0 Å². The average Bonchev–Trinajstić information content (AvgIpc) is 2.09. The quantitative estimate of drug-likeness (QED) is 0.0135. The number of hydrogen-bond acceptors (Lipinski definition) is 21. The number of likely N-dealkylation sites (tertiary alicyclic amines) is 1. The second-order valence-electron chi connectivity index (χ2n) is 18.9. The molecule has 2 aromatic carbocycles. The van der Waals surface area contributed by atoms with Crippen molar-refractivity contribution in [1.29, 1.82) is 0 Å². The van der Waals surface area contributed by atoms with E-state index >= 15 is 0 Å². The molecule has 1 aromatic heterocycles. The number of fused-ring (bicyclic) bond motifs is 1. The molecule has 3 heterocycles. The van der Waals surface area contributed by atoms with E-state index in [1.165, 1.54) is 11.3 Å². The summed E-state index contributed by atoms with van der Waals surface area (Å²) in [6.45, 7) is 11.8. The number of halogens is 4. The SMILES string of the molecule is CCCN(OCC)C(=O)C1=Cc2ccc(-c3cncc(C(=O)N4CC(CNC(=O)CCOCCOCCOCCOCCOCCOCCOCCOCCOCCOCCC(=O)Oc5c(F)c(F)c(S(=O)(=O)O)c(F)c5F)C4)c3)cc2N=C(N)C1. The highest BCUT2D eigenvalue weighted by Crippen LogP contribution is 2.34. The highest BCUT2D eigenvalue weighted by molar-refractivity contribution is 7.85. The molecule has 0 aliphatic carbocycles. The van der Waals surface area contributed by atoms with Crippen molar-refractivity contribution in [2.75, 3.05) is 165 Å². The van der Waals surface area contributed by atoms with Crippen LogP contribution in [0.4, 0.5) is 23.2 Å². The lowest BCUT2D eigenvalue weighted by Crippen LogP contribution is -2.53. The van der Waals surface area contributed by atoms with Crippen molar-refractivity contribution in [2.45, 2.75) is 44.4 Å². The van der Waals surface area contributed by atoms with Crippen LogP contribution >= 0.6 is 0 Å². The summed E-state index contributed by atoms with van der Waals surface area (Å²) in [6.07, 6.45) is 5.55. The van der Waals surface area contributed by atoms with E-state index in [1.807, 2.05) is 32.0 Å². The van der Waals surface area contributed by atoms with Crippen LogP contribution in [0.1, 0.15) is 55.5 Å². The minimum Gasteiger partial charge on any atom is -0.420 e. The predicted octanol–water partition coefficient (Wildman–Crippen LogP) is 4.26. The van der Waals surface area contributed by atoms with Gasteiger partial charge in [0.1, 0.15) is 5.84 Å². The fraction of sp³-hybridized carbons (Fsp3) is 0.571. The number of hydrogen-bond donors (Lipinski definition) is 3. The molecule has 1 fully saturated rings. The van der Waals surface area contributed by atoms with Crippen LogP contribution in [0.25, 0.3) is 17.2 Å². The van der Waals surface area contributed by atoms with E-state index in [9.17, 15) is 45.2 Å². The van der Waals surface area contributed by atoms with Gasteiger partial charge in [-0.1, -0.05) is 19.1 Å². The maximum absolute atomic E-state index is 14.0. The molecule has 5 rings (SSSR count). The molecule has 0 bridgehead atoms. The van der Waals surface area contributed by atoms with E-state index in [-0.39, 0.29) is 76.1 Å². The van der Waals surface area contributed by atoms with E-state index in [4.69, 9.17) is 62.5 Å². The first kappa shape index (κ1) is 70.6. The van der Waals surface area contributed by atoms with Gasteiger partial charge in [0.15, 0.2) is 16.5 Å². The molecule has 478 valence electrons. The average molecular weight is 1250 g/mol. The van der Waals surface area contributed by atoms with Gasteiger partial charge in [-0.15, -0.1) is 0 Å². The third kappa shape index (κ3) is 24.6. The Labute approximate surface area is 496 Å². The molecule has 2 aliphatic rings. The Morgan fingerprint density at radius 1 is 0.674 bits per heavy atom. The van der Waals surface area contributed by atoms with Crippen molar-refractivity contribution < 1.29 is 107 Å². The molecular formula is C56H76F4N6O19S. The molecule has 0 radical (unpaired) electrons. The number of carbonyl (C=O) groups excluding carboxylic acids is 4. The third-order valence-electron chi connectivity index (χ3n) is 12.3. The van der Waals surface area contributed by atoms with Crippen LogP contribution in [0.3, 0.4) is 0 Å². The van der Waals surface area contributed by atoms with Crippen molar-refractivity contribution >= 4 is 51.4 Å². The first-order valence-electron chi connectivity index (χ1n) is 28.0. The summed E-state index contributed by atoms with van der Waals surface area (Å²) >= 11 is 0. The molecule has 2 aliphatic heterocycles. The molecule has 86 heavy (non-hydrogen) atoms. The molecule has 25 nitrogen and oxygen atoms in total. The Morgan fingerprint density at radius 3 is 1.64 bits per heavy atom. The number of rotatable bonds is 44. The van der Waals surface area contributed by atoms with Crippen molar-refractivity contribution in [3.8, 4) is 16.9 Å². The topological polar surface area (TPSA) is 303 Å². The van der Waals surface area contributed by atoms with Crippen LogP contribution in [0.15, 0.2) is 52.1 Å². The number of esters is 1. The number of ether oxygens (including phenoxy) is 11. The van der Waals surface area contributed by atoms with Gasteiger partial charge in [-0.25, -0.2) is 18.8 Å². The highest BCUT2D eigenvalue weighted by Gasteiger charge is 2.35. The van der Waals surface area contributed by atoms with Gasteiger partial charge in [0.25, 0.3) is 11.8 Å². The van der Waals surface area contributed by atoms with Gasteiger partial charge in [-0.05, 0) is 37.1 Å². The summed E-state index contributed by atoms with van der Waals surface area (Å²) in [7, 11) is -5.65. The maximum Gasteiger partial charge on any atom is 0.313 e. The number of aliphatic imine (C=N–C) groups is 1. The van der Waals surface area contributed by atoms with Crippen molar-refractivity contribution in [3.05, 3.63) is 76.6 Å². The Hall–Kier alpha value is -6.13. The summed E-state index contributed by atoms with van der Waals surface area (Å²) in [5.74, 6) is -12.8. The van der Waals surface area contributed by atoms with Gasteiger partial charge in [0.2, 0.25) is 23.3 Å². The molecule has 0 unspecified atom stereocenters. The molecule has 0 saturated carbocycles. The zero-order chi connectivity index (χ0) is 62.1. The first-order chi connectivity index (χ1) is 41.5. The second-order valence-corrected chi connectivity index (χ2v) is 20.2. The van der Waals surface area contributed by atoms with Crippen molar-refractivity contribution in [1.82, 2.24) is 20.3 Å². The molecule has 0 atom stereocenters. The van der Waals surface area contributed by atoms with E-state index in [0.29, 0.717) is 148 Å². The number of aromatic nitrogens is 1. The predicted molar refractivity (Wildman–Crippen MR) is 299 cm³/mol. The molecule has 3 amide bonds. The number of benzene rings is 2. The lowest BCUT2D eigenvalue weighted by molar-refractivity contribution is -0.180. The number of carbonyl (C=O) groups is 4. The third-order valence-corrected chi connectivity index (χ3v) is 13.2. The van der Waals surface area contributed by atoms with Gasteiger partial charge in [0.05, 0.1) is 156 Å². The molecule has 1 saturated heterocycles. The lowest BCUT2D eigenvalue weighted by Gasteiger charge is -2.39. The van der Waals surface area contributed by atoms with Crippen LogP contribution in [0, 0.1) is 29.2 Å². The molecule has 3 aromatic rings. The zero-order valence-electron chi connectivity index (χ0n) is 48.2. The Morgan fingerprint density at radius 2 is 1.16 bits per heavy atom. The monoisotopic (exact) mass is 1240 g/mol. The molecular weight excluding hydrogens is 1170 g/mol. The number of amidine groups is 1.